The van der Waals surface area contributed by atoms with Gasteiger partial charge in [-0.05, 0) is 18.6 Å². The largest absolute Gasteiger partial charge is 0.389 e. The number of hydrogen-bond acceptors (Lipinski definition) is 6. The lowest BCUT2D eigenvalue weighted by atomic mass is 10.2. The minimum atomic E-state index is -0.633. The number of aliphatic imine (C=N–C) groups is 1. The van der Waals surface area contributed by atoms with Crippen LogP contribution in [-0.4, -0.2) is 77.9 Å². The lowest BCUT2D eigenvalue weighted by Gasteiger charge is -2.36. The molecule has 0 bridgehead atoms. The maximum Gasteiger partial charge on any atom is 0.225 e. The molecule has 2 aromatic rings. The highest BCUT2D eigenvalue weighted by atomic mass is 16.5. The molecule has 1 saturated heterocycles. The first-order valence-corrected chi connectivity index (χ1v) is 10.1. The number of rotatable bonds is 8. The Hall–Kier alpha value is -2.71. The molecule has 0 radical (unpaired) electrons. The molecule has 1 aromatic heterocycles. The highest BCUT2D eigenvalue weighted by molar-refractivity contribution is 5.80. The predicted molar refractivity (Wildman–Crippen MR) is 114 cm³/mol. The van der Waals surface area contributed by atoms with Crippen LogP contribution in [0.2, 0.25) is 0 Å². The van der Waals surface area contributed by atoms with E-state index < -0.39 is 6.10 Å². The third-order valence-electron chi connectivity index (χ3n) is 4.62. The van der Waals surface area contributed by atoms with E-state index in [2.05, 4.69) is 30.1 Å². The average Bonchev–Trinajstić information content (AvgIpc) is 2.78. The van der Waals surface area contributed by atoms with Gasteiger partial charge in [0.05, 0.1) is 25.9 Å². The van der Waals surface area contributed by atoms with Gasteiger partial charge in [0.25, 0.3) is 0 Å². The Kier molecular flexibility index (Phi) is 8.21. The van der Waals surface area contributed by atoms with E-state index in [9.17, 15) is 5.11 Å². The van der Waals surface area contributed by atoms with Crippen LogP contribution in [0.15, 0.2) is 53.8 Å². The van der Waals surface area contributed by atoms with E-state index in [0.717, 1.165) is 50.2 Å². The van der Waals surface area contributed by atoms with Crippen molar-refractivity contribution in [3.05, 3.63) is 54.4 Å². The first-order valence-electron chi connectivity index (χ1n) is 10.1. The summed E-state index contributed by atoms with van der Waals surface area (Å²) >= 11 is 0. The molecule has 8 nitrogen and oxygen atoms in total. The number of hydrogen-bond donors (Lipinski definition) is 2. The molecule has 0 spiro atoms. The molecular formula is C21H30N6O2. The smallest absolute Gasteiger partial charge is 0.225 e. The zero-order chi connectivity index (χ0) is 20.3. The minimum Gasteiger partial charge on any atom is -0.389 e. The van der Waals surface area contributed by atoms with Crippen molar-refractivity contribution >= 4 is 11.9 Å². The average molecular weight is 399 g/mol. The summed E-state index contributed by atoms with van der Waals surface area (Å²) in [4.78, 5) is 17.6. The number of ether oxygens (including phenoxy) is 1. The molecule has 1 aromatic carbocycles. The van der Waals surface area contributed by atoms with Gasteiger partial charge >= 0.3 is 0 Å². The van der Waals surface area contributed by atoms with E-state index in [1.807, 2.05) is 43.3 Å². The number of anilines is 1. The van der Waals surface area contributed by atoms with Gasteiger partial charge in [0.2, 0.25) is 5.95 Å². The summed E-state index contributed by atoms with van der Waals surface area (Å²) in [6.45, 7) is 7.19. The summed E-state index contributed by atoms with van der Waals surface area (Å²) in [7, 11) is 0. The summed E-state index contributed by atoms with van der Waals surface area (Å²) in [6.07, 6.45) is 2.90. The first kappa shape index (κ1) is 21.0. The zero-order valence-electron chi connectivity index (χ0n) is 16.9. The van der Waals surface area contributed by atoms with Crippen LogP contribution in [0.1, 0.15) is 12.5 Å². The maximum absolute atomic E-state index is 10.2. The molecule has 1 unspecified atom stereocenters. The number of guanidine groups is 1. The summed E-state index contributed by atoms with van der Waals surface area (Å²) in [5.41, 5.74) is 1.09. The van der Waals surface area contributed by atoms with Crippen LogP contribution in [0.4, 0.5) is 5.95 Å². The fourth-order valence-electron chi connectivity index (χ4n) is 3.13. The molecule has 1 atom stereocenters. The van der Waals surface area contributed by atoms with Gasteiger partial charge in [0.1, 0.15) is 0 Å². The molecule has 1 aliphatic rings. The Labute approximate surface area is 172 Å². The van der Waals surface area contributed by atoms with Crippen molar-refractivity contribution in [3.8, 4) is 0 Å². The van der Waals surface area contributed by atoms with Crippen LogP contribution in [0.25, 0.3) is 0 Å². The van der Waals surface area contributed by atoms with Crippen molar-refractivity contribution in [3.63, 3.8) is 0 Å². The molecule has 8 heteroatoms. The number of aromatic nitrogens is 2. The SMILES string of the molecule is CCNC(=NCC(O)COCc1ccccc1)N1CCN(c2ncccn2)CC1. The Morgan fingerprint density at radius 2 is 1.86 bits per heavy atom. The van der Waals surface area contributed by atoms with E-state index in [-0.39, 0.29) is 6.61 Å². The van der Waals surface area contributed by atoms with Gasteiger partial charge in [-0.1, -0.05) is 30.3 Å². The number of aliphatic hydroxyl groups excluding tert-OH is 1. The van der Waals surface area contributed by atoms with Gasteiger partial charge in [-0.2, -0.15) is 0 Å². The van der Waals surface area contributed by atoms with Crippen LogP contribution in [0.3, 0.4) is 0 Å². The van der Waals surface area contributed by atoms with E-state index in [1.54, 1.807) is 12.4 Å². The number of piperazine rings is 1. The lowest BCUT2D eigenvalue weighted by molar-refractivity contribution is 0.0330. The summed E-state index contributed by atoms with van der Waals surface area (Å²) in [5, 5.41) is 13.5. The van der Waals surface area contributed by atoms with E-state index in [1.165, 1.54) is 0 Å². The topological polar surface area (TPSA) is 86.1 Å². The van der Waals surface area contributed by atoms with Crippen molar-refractivity contribution in [2.75, 3.05) is 50.8 Å². The van der Waals surface area contributed by atoms with Gasteiger partial charge in [0, 0.05) is 45.1 Å². The fourth-order valence-corrected chi connectivity index (χ4v) is 3.13. The minimum absolute atomic E-state index is 0.261. The van der Waals surface area contributed by atoms with Crippen molar-refractivity contribution < 1.29 is 9.84 Å². The third kappa shape index (κ3) is 6.69. The van der Waals surface area contributed by atoms with Crippen LogP contribution in [0.5, 0.6) is 0 Å². The second kappa shape index (κ2) is 11.3. The molecule has 0 amide bonds. The van der Waals surface area contributed by atoms with Crippen molar-refractivity contribution in [1.82, 2.24) is 20.2 Å². The maximum atomic E-state index is 10.2. The normalized spacial score (nSPS) is 16.0. The van der Waals surface area contributed by atoms with Gasteiger partial charge in [-0.25, -0.2) is 9.97 Å². The summed E-state index contributed by atoms with van der Waals surface area (Å²) in [6, 6.07) is 11.8. The second-order valence-electron chi connectivity index (χ2n) is 6.87. The Bertz CT molecular complexity index is 735. The second-order valence-corrected chi connectivity index (χ2v) is 6.87. The number of nitrogens with one attached hydrogen (secondary N) is 1. The number of benzene rings is 1. The summed E-state index contributed by atoms with van der Waals surface area (Å²) in [5.74, 6) is 1.59. The molecule has 2 heterocycles. The molecule has 0 aliphatic carbocycles. The zero-order valence-corrected chi connectivity index (χ0v) is 16.9. The molecule has 156 valence electrons. The molecule has 2 N–H and O–H groups in total. The van der Waals surface area contributed by atoms with Crippen molar-refractivity contribution in [2.45, 2.75) is 19.6 Å². The Morgan fingerprint density at radius 1 is 1.14 bits per heavy atom. The van der Waals surface area contributed by atoms with Crippen LogP contribution in [0, 0.1) is 0 Å². The molecule has 0 saturated carbocycles. The van der Waals surface area contributed by atoms with E-state index >= 15 is 0 Å². The summed E-state index contributed by atoms with van der Waals surface area (Å²) < 4.78 is 5.61. The first-order chi connectivity index (χ1) is 14.3. The van der Waals surface area contributed by atoms with E-state index in [4.69, 9.17) is 4.74 Å². The van der Waals surface area contributed by atoms with Crippen LogP contribution >= 0.6 is 0 Å². The molecule has 3 rings (SSSR count). The Balaban J connectivity index is 1.45. The standard InChI is InChI=1S/C21H30N6O2/c1-2-22-20(25-15-19(28)17-29-16-18-7-4-3-5-8-18)26-11-13-27(14-12-26)21-23-9-6-10-24-21/h3-10,19,28H,2,11-17H2,1H3,(H,22,25). The highest BCUT2D eigenvalue weighted by Gasteiger charge is 2.21. The number of nitrogens with zero attached hydrogens (tertiary/aromatic N) is 5. The van der Waals surface area contributed by atoms with Gasteiger partial charge in [-0.3, -0.25) is 4.99 Å². The fraction of sp³-hybridized carbons (Fsp3) is 0.476. The van der Waals surface area contributed by atoms with Gasteiger partial charge < -0.3 is 25.0 Å². The monoisotopic (exact) mass is 398 g/mol. The van der Waals surface area contributed by atoms with Crippen LogP contribution in [-0.2, 0) is 11.3 Å². The van der Waals surface area contributed by atoms with Gasteiger partial charge in [0.15, 0.2) is 5.96 Å². The van der Waals surface area contributed by atoms with Crippen molar-refractivity contribution in [2.24, 2.45) is 4.99 Å². The molecule has 1 aliphatic heterocycles. The lowest BCUT2D eigenvalue weighted by Crippen LogP contribution is -2.53. The predicted octanol–water partition coefficient (Wildman–Crippen LogP) is 1.14. The number of aliphatic hydroxyl groups is 1. The van der Waals surface area contributed by atoms with E-state index in [0.29, 0.717) is 13.2 Å². The third-order valence-corrected chi connectivity index (χ3v) is 4.62. The molecular weight excluding hydrogens is 368 g/mol. The molecule has 29 heavy (non-hydrogen) atoms. The highest BCUT2D eigenvalue weighted by Crippen LogP contribution is 2.10. The van der Waals surface area contributed by atoms with Crippen LogP contribution < -0.4 is 10.2 Å². The van der Waals surface area contributed by atoms with Gasteiger partial charge in [-0.15, -0.1) is 0 Å². The quantitative estimate of drug-likeness (QED) is 0.509. The Morgan fingerprint density at radius 3 is 2.55 bits per heavy atom. The molecule has 1 fully saturated rings. The van der Waals surface area contributed by atoms with Crippen molar-refractivity contribution in [1.29, 1.82) is 0 Å².